The minimum absolute atomic E-state index is 0.354. The summed E-state index contributed by atoms with van der Waals surface area (Å²) in [4.78, 5) is 10.7. The minimum Gasteiger partial charge on any atom is -0.480 e. The monoisotopic (exact) mass is 261 g/mol. The van der Waals surface area contributed by atoms with Crippen LogP contribution in [0.1, 0.15) is 58.3 Å². The van der Waals surface area contributed by atoms with E-state index in [1.807, 2.05) is 0 Å². The van der Waals surface area contributed by atoms with E-state index in [-0.39, 0.29) is 0 Å². The quantitative estimate of drug-likeness (QED) is 0.374. The lowest BCUT2D eigenvalue weighted by atomic mass is 10.1. The molecular weight excluding hydrogens is 234 g/mol. The lowest BCUT2D eigenvalue weighted by Gasteiger charge is -2.11. The Morgan fingerprint density at radius 3 is 2.12 bits per heavy atom. The normalized spacial score (nSPS) is 12.6. The van der Waals surface area contributed by atoms with E-state index in [2.05, 4.69) is 24.9 Å². The molecule has 0 saturated heterocycles. The fourth-order valence-corrected chi connectivity index (χ4v) is 2.05. The number of hydrogen-bond donors (Lipinski definition) is 3. The summed E-state index contributed by atoms with van der Waals surface area (Å²) in [6.07, 6.45) is 10.2. The van der Waals surface area contributed by atoms with E-state index in [1.165, 1.54) is 44.9 Å². The molecule has 2 N–H and O–H groups in total. The number of thiol groups is 1. The van der Waals surface area contributed by atoms with Crippen molar-refractivity contribution in [2.45, 2.75) is 64.3 Å². The van der Waals surface area contributed by atoms with E-state index in [0.717, 1.165) is 13.0 Å². The molecule has 0 fully saturated rings. The molecule has 0 amide bonds. The molecule has 0 aromatic heterocycles. The zero-order valence-electron chi connectivity index (χ0n) is 11.0. The highest BCUT2D eigenvalue weighted by Crippen LogP contribution is 2.07. The Morgan fingerprint density at radius 2 is 1.65 bits per heavy atom. The Kier molecular flexibility index (Phi) is 12.1. The molecule has 17 heavy (non-hydrogen) atoms. The van der Waals surface area contributed by atoms with Crippen LogP contribution in [-0.2, 0) is 4.79 Å². The number of carbonyl (C=O) groups is 1. The van der Waals surface area contributed by atoms with Crippen LogP contribution in [0.15, 0.2) is 0 Å². The second-order valence-corrected chi connectivity index (χ2v) is 4.87. The maximum atomic E-state index is 10.7. The van der Waals surface area contributed by atoms with Gasteiger partial charge in [-0.15, -0.1) is 0 Å². The second-order valence-electron chi connectivity index (χ2n) is 4.50. The summed E-state index contributed by atoms with van der Waals surface area (Å²) in [5.41, 5.74) is 0. The second kappa shape index (κ2) is 12.2. The number of carboxylic acids is 1. The van der Waals surface area contributed by atoms with E-state index in [1.54, 1.807) is 0 Å². The first kappa shape index (κ1) is 16.8. The summed E-state index contributed by atoms with van der Waals surface area (Å²) in [6.45, 7) is 3.01. The fourth-order valence-electron chi connectivity index (χ4n) is 1.77. The van der Waals surface area contributed by atoms with Crippen molar-refractivity contribution in [2.24, 2.45) is 0 Å². The molecule has 0 aliphatic rings. The van der Waals surface area contributed by atoms with Gasteiger partial charge in [0.1, 0.15) is 6.04 Å². The smallest absolute Gasteiger partial charge is 0.321 e. The molecule has 0 heterocycles. The highest BCUT2D eigenvalue weighted by Gasteiger charge is 2.13. The van der Waals surface area contributed by atoms with E-state index < -0.39 is 12.0 Å². The zero-order valence-corrected chi connectivity index (χ0v) is 11.8. The zero-order chi connectivity index (χ0) is 12.9. The molecular formula is C13H27NO2S. The van der Waals surface area contributed by atoms with Gasteiger partial charge in [0.25, 0.3) is 0 Å². The maximum Gasteiger partial charge on any atom is 0.321 e. The highest BCUT2D eigenvalue weighted by molar-refractivity contribution is 7.80. The largest absolute Gasteiger partial charge is 0.480 e. The molecule has 0 spiro atoms. The van der Waals surface area contributed by atoms with Gasteiger partial charge in [-0.1, -0.05) is 51.9 Å². The first-order chi connectivity index (χ1) is 8.22. The van der Waals surface area contributed by atoms with Crippen molar-refractivity contribution in [1.29, 1.82) is 0 Å². The third-order valence-electron chi connectivity index (χ3n) is 2.90. The molecule has 0 aromatic carbocycles. The fraction of sp³-hybridized carbons (Fsp3) is 0.923. The van der Waals surface area contributed by atoms with Crippen molar-refractivity contribution >= 4 is 18.6 Å². The van der Waals surface area contributed by atoms with Gasteiger partial charge >= 0.3 is 5.97 Å². The lowest BCUT2D eigenvalue weighted by molar-refractivity contribution is -0.138. The van der Waals surface area contributed by atoms with Gasteiger partial charge in [-0.05, 0) is 13.0 Å². The van der Waals surface area contributed by atoms with Crippen LogP contribution < -0.4 is 5.32 Å². The molecule has 102 valence electrons. The Labute approximate surface area is 111 Å². The molecule has 0 rings (SSSR count). The third-order valence-corrected chi connectivity index (χ3v) is 3.27. The van der Waals surface area contributed by atoms with Gasteiger partial charge in [-0.3, -0.25) is 4.79 Å². The average molecular weight is 261 g/mol. The Balaban J connectivity index is 3.20. The van der Waals surface area contributed by atoms with E-state index in [0.29, 0.717) is 5.75 Å². The highest BCUT2D eigenvalue weighted by atomic mass is 32.1. The number of nitrogens with one attached hydrogen (secondary N) is 1. The van der Waals surface area contributed by atoms with Crippen LogP contribution in [0.2, 0.25) is 0 Å². The van der Waals surface area contributed by atoms with Gasteiger partial charge < -0.3 is 10.4 Å². The van der Waals surface area contributed by atoms with Crippen molar-refractivity contribution < 1.29 is 9.90 Å². The van der Waals surface area contributed by atoms with Gasteiger partial charge in [0.05, 0.1) is 0 Å². The summed E-state index contributed by atoms with van der Waals surface area (Å²) < 4.78 is 0. The number of hydrogen-bond acceptors (Lipinski definition) is 3. The maximum absolute atomic E-state index is 10.7. The Bertz CT molecular complexity index is 188. The predicted molar refractivity (Wildman–Crippen MR) is 75.9 cm³/mol. The Morgan fingerprint density at radius 1 is 1.12 bits per heavy atom. The molecule has 4 heteroatoms. The van der Waals surface area contributed by atoms with Crippen molar-refractivity contribution in [3.8, 4) is 0 Å². The van der Waals surface area contributed by atoms with E-state index in [4.69, 9.17) is 5.11 Å². The summed E-state index contributed by atoms with van der Waals surface area (Å²) in [6, 6.07) is -0.497. The molecule has 1 atom stereocenters. The first-order valence-electron chi connectivity index (χ1n) is 6.79. The Hall–Kier alpha value is -0.220. The van der Waals surface area contributed by atoms with Crippen LogP contribution in [-0.4, -0.2) is 29.4 Å². The van der Waals surface area contributed by atoms with Crippen LogP contribution in [0.3, 0.4) is 0 Å². The van der Waals surface area contributed by atoms with Crippen LogP contribution >= 0.6 is 12.6 Å². The summed E-state index contributed by atoms with van der Waals surface area (Å²) in [5, 5.41) is 11.8. The van der Waals surface area contributed by atoms with Crippen LogP contribution in [0.4, 0.5) is 0 Å². The topological polar surface area (TPSA) is 49.3 Å². The van der Waals surface area contributed by atoms with Gasteiger partial charge in [0.15, 0.2) is 0 Å². The summed E-state index contributed by atoms with van der Waals surface area (Å²) in [5.74, 6) is -0.452. The predicted octanol–water partition coefficient (Wildman–Crippen LogP) is 3.10. The molecule has 0 bridgehead atoms. The molecule has 0 aliphatic carbocycles. The SMILES string of the molecule is CCCCCCCCCCN[C@@H](CS)C(=O)O. The average Bonchev–Trinajstić information content (AvgIpc) is 2.31. The van der Waals surface area contributed by atoms with Gasteiger partial charge in [0.2, 0.25) is 0 Å². The summed E-state index contributed by atoms with van der Waals surface area (Å²) >= 11 is 4.00. The lowest BCUT2D eigenvalue weighted by Crippen LogP contribution is -2.38. The van der Waals surface area contributed by atoms with Crippen molar-refractivity contribution in [2.75, 3.05) is 12.3 Å². The van der Waals surface area contributed by atoms with Crippen molar-refractivity contribution in [3.05, 3.63) is 0 Å². The van der Waals surface area contributed by atoms with Gasteiger partial charge in [-0.25, -0.2) is 0 Å². The number of rotatable bonds is 12. The number of aliphatic carboxylic acids is 1. The molecule has 0 aliphatic heterocycles. The molecule has 0 aromatic rings. The molecule has 0 saturated carbocycles. The molecule has 0 unspecified atom stereocenters. The van der Waals surface area contributed by atoms with Crippen LogP contribution in [0, 0.1) is 0 Å². The van der Waals surface area contributed by atoms with Crippen LogP contribution in [0.25, 0.3) is 0 Å². The van der Waals surface area contributed by atoms with Crippen molar-refractivity contribution in [1.82, 2.24) is 5.32 Å². The molecule has 0 radical (unpaired) electrons. The number of unbranched alkanes of at least 4 members (excludes halogenated alkanes) is 7. The van der Waals surface area contributed by atoms with Crippen molar-refractivity contribution in [3.63, 3.8) is 0 Å². The summed E-state index contributed by atoms with van der Waals surface area (Å²) in [7, 11) is 0. The van der Waals surface area contributed by atoms with Gasteiger partial charge in [-0.2, -0.15) is 12.6 Å². The number of carboxylic acid groups (broad SMARTS) is 1. The minimum atomic E-state index is -0.806. The standard InChI is InChI=1S/C13H27NO2S/c1-2-3-4-5-6-7-8-9-10-14-12(11-17)13(15)16/h12,14,17H,2-11H2,1H3,(H,15,16)/t12-/m0/s1. The van der Waals surface area contributed by atoms with Gasteiger partial charge in [0, 0.05) is 5.75 Å². The van der Waals surface area contributed by atoms with E-state index in [9.17, 15) is 4.79 Å². The van der Waals surface area contributed by atoms with Crippen LogP contribution in [0.5, 0.6) is 0 Å². The third kappa shape index (κ3) is 10.6. The van der Waals surface area contributed by atoms with E-state index >= 15 is 0 Å². The molecule has 3 nitrogen and oxygen atoms in total. The first-order valence-corrected chi connectivity index (χ1v) is 7.42.